The molecule has 5 heteroatoms. The summed E-state index contributed by atoms with van der Waals surface area (Å²) in [5.74, 6) is 1.00. The molecule has 0 bridgehead atoms. The minimum absolute atomic E-state index is 0.0475. The third kappa shape index (κ3) is 4.85. The number of fused-ring (bicyclic) bond motifs is 1. The zero-order chi connectivity index (χ0) is 21.0. The van der Waals surface area contributed by atoms with E-state index in [0.717, 1.165) is 50.5 Å². The SMILES string of the molecule is Cc1ccc2c(c1)CN(CC(=O)NCC1(c3ccccc3)CCOCC1)CC(C)O2. The number of carbonyl (C=O) groups is 1. The molecular formula is C25H32N2O3. The highest BCUT2D eigenvalue weighted by Crippen LogP contribution is 2.34. The second kappa shape index (κ2) is 9.19. The monoisotopic (exact) mass is 408 g/mol. The van der Waals surface area contributed by atoms with Gasteiger partial charge >= 0.3 is 0 Å². The van der Waals surface area contributed by atoms with Crippen LogP contribution in [0.1, 0.15) is 36.5 Å². The van der Waals surface area contributed by atoms with Crippen molar-refractivity contribution < 1.29 is 14.3 Å². The zero-order valence-corrected chi connectivity index (χ0v) is 18.0. The summed E-state index contributed by atoms with van der Waals surface area (Å²) in [6.45, 7) is 8.11. The second-order valence-corrected chi connectivity index (χ2v) is 8.74. The molecule has 1 amide bonds. The quantitative estimate of drug-likeness (QED) is 0.823. The number of carbonyl (C=O) groups excluding carboxylic acids is 1. The summed E-state index contributed by atoms with van der Waals surface area (Å²) in [5.41, 5.74) is 3.60. The lowest BCUT2D eigenvalue weighted by Gasteiger charge is -2.38. The number of nitrogens with one attached hydrogen (secondary N) is 1. The summed E-state index contributed by atoms with van der Waals surface area (Å²) in [6, 6.07) is 16.8. The molecule has 0 aliphatic carbocycles. The lowest BCUT2D eigenvalue weighted by atomic mass is 9.74. The van der Waals surface area contributed by atoms with Gasteiger partial charge in [0.05, 0.1) is 6.54 Å². The van der Waals surface area contributed by atoms with Gasteiger partial charge in [0.2, 0.25) is 5.91 Å². The highest BCUT2D eigenvalue weighted by Gasteiger charge is 2.35. The lowest BCUT2D eigenvalue weighted by molar-refractivity contribution is -0.123. The van der Waals surface area contributed by atoms with Gasteiger partial charge in [-0.3, -0.25) is 9.69 Å². The standard InChI is InChI=1S/C25H32N2O3/c1-19-8-9-23-21(14-19)16-27(15-20(2)30-23)17-24(28)26-18-25(10-12-29-13-11-25)22-6-4-3-5-7-22/h3-9,14,20H,10-13,15-18H2,1-2H3,(H,26,28). The molecular weight excluding hydrogens is 376 g/mol. The Morgan fingerprint density at radius 2 is 1.93 bits per heavy atom. The summed E-state index contributed by atoms with van der Waals surface area (Å²) in [4.78, 5) is 15.1. The van der Waals surface area contributed by atoms with Crippen molar-refractivity contribution in [3.8, 4) is 5.75 Å². The molecule has 2 aromatic carbocycles. The average Bonchev–Trinajstić information content (AvgIpc) is 2.90. The van der Waals surface area contributed by atoms with E-state index < -0.39 is 0 Å². The summed E-state index contributed by atoms with van der Waals surface area (Å²) >= 11 is 0. The van der Waals surface area contributed by atoms with Crippen LogP contribution in [0.25, 0.3) is 0 Å². The maximum absolute atomic E-state index is 12.9. The molecule has 1 atom stereocenters. The van der Waals surface area contributed by atoms with Crippen molar-refractivity contribution in [3.63, 3.8) is 0 Å². The predicted molar refractivity (Wildman–Crippen MR) is 118 cm³/mol. The molecule has 2 aliphatic rings. The molecule has 160 valence electrons. The fraction of sp³-hybridized carbons (Fsp3) is 0.480. The van der Waals surface area contributed by atoms with Gasteiger partial charge in [-0.2, -0.15) is 0 Å². The maximum atomic E-state index is 12.9. The van der Waals surface area contributed by atoms with E-state index in [1.807, 2.05) is 12.1 Å². The first-order chi connectivity index (χ1) is 14.5. The van der Waals surface area contributed by atoms with Gasteiger partial charge in [-0.15, -0.1) is 0 Å². The van der Waals surface area contributed by atoms with Crippen LogP contribution in [0.5, 0.6) is 5.75 Å². The van der Waals surface area contributed by atoms with Crippen molar-refractivity contribution in [1.82, 2.24) is 10.2 Å². The minimum atomic E-state index is -0.0475. The Hall–Kier alpha value is -2.37. The molecule has 2 heterocycles. The Balaban J connectivity index is 1.41. The number of ether oxygens (including phenoxy) is 2. The van der Waals surface area contributed by atoms with Gasteiger partial charge in [-0.25, -0.2) is 0 Å². The van der Waals surface area contributed by atoms with Gasteiger partial charge in [-0.05, 0) is 38.3 Å². The fourth-order valence-corrected chi connectivity index (χ4v) is 4.64. The van der Waals surface area contributed by atoms with Crippen molar-refractivity contribution in [2.75, 3.05) is 32.8 Å². The van der Waals surface area contributed by atoms with Crippen LogP contribution in [0.3, 0.4) is 0 Å². The zero-order valence-electron chi connectivity index (χ0n) is 18.0. The van der Waals surface area contributed by atoms with Crippen molar-refractivity contribution >= 4 is 5.91 Å². The number of amides is 1. The third-order valence-corrected chi connectivity index (χ3v) is 6.28. The van der Waals surface area contributed by atoms with Crippen LogP contribution in [-0.2, 0) is 21.5 Å². The molecule has 1 saturated heterocycles. The van der Waals surface area contributed by atoms with Crippen molar-refractivity contribution in [3.05, 3.63) is 65.2 Å². The van der Waals surface area contributed by atoms with Gasteiger partial charge in [-0.1, -0.05) is 48.0 Å². The Morgan fingerprint density at radius 3 is 2.70 bits per heavy atom. The van der Waals surface area contributed by atoms with Gasteiger partial charge in [0.15, 0.2) is 0 Å². The second-order valence-electron chi connectivity index (χ2n) is 8.74. The van der Waals surface area contributed by atoms with E-state index in [1.165, 1.54) is 11.1 Å². The Kier molecular flexibility index (Phi) is 6.40. The highest BCUT2D eigenvalue weighted by molar-refractivity contribution is 5.78. The minimum Gasteiger partial charge on any atom is -0.489 e. The third-order valence-electron chi connectivity index (χ3n) is 6.28. The summed E-state index contributed by atoms with van der Waals surface area (Å²) in [6.07, 6.45) is 1.91. The number of rotatable bonds is 5. The number of nitrogens with zero attached hydrogens (tertiary/aromatic N) is 1. The van der Waals surface area contributed by atoms with Crippen molar-refractivity contribution in [2.24, 2.45) is 0 Å². The van der Waals surface area contributed by atoms with Gasteiger partial charge < -0.3 is 14.8 Å². The molecule has 0 radical (unpaired) electrons. The number of hydrogen-bond donors (Lipinski definition) is 1. The molecule has 30 heavy (non-hydrogen) atoms. The topological polar surface area (TPSA) is 50.8 Å². The van der Waals surface area contributed by atoms with E-state index >= 15 is 0 Å². The highest BCUT2D eigenvalue weighted by atomic mass is 16.5. The molecule has 1 unspecified atom stereocenters. The predicted octanol–water partition coefficient (Wildman–Crippen LogP) is 3.44. The lowest BCUT2D eigenvalue weighted by Crippen LogP contribution is -2.47. The first kappa shape index (κ1) is 20.9. The first-order valence-electron chi connectivity index (χ1n) is 10.9. The van der Waals surface area contributed by atoms with Crippen LogP contribution >= 0.6 is 0 Å². The van der Waals surface area contributed by atoms with E-state index in [-0.39, 0.29) is 17.4 Å². The van der Waals surface area contributed by atoms with Crippen LogP contribution in [0.2, 0.25) is 0 Å². The van der Waals surface area contributed by atoms with Crippen LogP contribution in [-0.4, -0.2) is 49.8 Å². The van der Waals surface area contributed by atoms with Crippen LogP contribution in [0.15, 0.2) is 48.5 Å². The maximum Gasteiger partial charge on any atom is 0.234 e. The smallest absolute Gasteiger partial charge is 0.234 e. The van der Waals surface area contributed by atoms with Gasteiger partial charge in [0, 0.05) is 43.8 Å². The molecule has 1 fully saturated rings. The van der Waals surface area contributed by atoms with E-state index in [0.29, 0.717) is 13.1 Å². The van der Waals surface area contributed by atoms with E-state index in [4.69, 9.17) is 9.47 Å². The molecule has 5 nitrogen and oxygen atoms in total. The van der Waals surface area contributed by atoms with E-state index in [9.17, 15) is 4.79 Å². The summed E-state index contributed by atoms with van der Waals surface area (Å²) < 4.78 is 11.7. The summed E-state index contributed by atoms with van der Waals surface area (Å²) in [5, 5.41) is 3.23. The fourth-order valence-electron chi connectivity index (χ4n) is 4.64. The van der Waals surface area contributed by atoms with Crippen LogP contribution < -0.4 is 10.1 Å². The largest absolute Gasteiger partial charge is 0.489 e. The number of aryl methyl sites for hydroxylation is 1. The van der Waals surface area contributed by atoms with E-state index in [1.54, 1.807) is 0 Å². The molecule has 0 aromatic heterocycles. The Labute approximate surface area is 179 Å². The van der Waals surface area contributed by atoms with E-state index in [2.05, 4.69) is 60.5 Å². The number of hydrogen-bond acceptors (Lipinski definition) is 4. The van der Waals surface area contributed by atoms with Gasteiger partial charge in [0.1, 0.15) is 11.9 Å². The molecule has 0 saturated carbocycles. The average molecular weight is 409 g/mol. The number of benzene rings is 2. The van der Waals surface area contributed by atoms with Crippen LogP contribution in [0.4, 0.5) is 0 Å². The summed E-state index contributed by atoms with van der Waals surface area (Å²) in [7, 11) is 0. The molecule has 0 spiro atoms. The first-order valence-corrected chi connectivity index (χ1v) is 10.9. The molecule has 1 N–H and O–H groups in total. The van der Waals surface area contributed by atoms with Crippen LogP contribution in [0, 0.1) is 6.92 Å². The molecule has 4 rings (SSSR count). The molecule has 2 aromatic rings. The van der Waals surface area contributed by atoms with Crippen molar-refractivity contribution in [2.45, 2.75) is 44.8 Å². The molecule has 2 aliphatic heterocycles. The van der Waals surface area contributed by atoms with Crippen molar-refractivity contribution in [1.29, 1.82) is 0 Å². The normalized spacial score (nSPS) is 21.2. The Bertz CT molecular complexity index is 862. The Morgan fingerprint density at radius 1 is 1.17 bits per heavy atom. The van der Waals surface area contributed by atoms with Gasteiger partial charge in [0.25, 0.3) is 0 Å².